The van der Waals surface area contributed by atoms with Crippen LogP contribution in [0.3, 0.4) is 0 Å². The van der Waals surface area contributed by atoms with E-state index in [1.807, 2.05) is 11.3 Å². The number of anilines is 1. The Balaban J connectivity index is 1.59. The van der Waals surface area contributed by atoms with Crippen LogP contribution in [0, 0.1) is 0 Å². The number of hydrogen-bond donors (Lipinski definition) is 1. The Kier molecular flexibility index (Phi) is 3.68. The van der Waals surface area contributed by atoms with Crippen LogP contribution in [0.25, 0.3) is 0 Å². The van der Waals surface area contributed by atoms with Gasteiger partial charge >= 0.3 is 0 Å². The molecule has 0 spiro atoms. The van der Waals surface area contributed by atoms with Crippen molar-refractivity contribution in [3.05, 3.63) is 52.4 Å². The number of benzene rings is 1. The first kappa shape index (κ1) is 14.2. The molecule has 2 aliphatic rings. The van der Waals surface area contributed by atoms with Crippen molar-refractivity contribution < 1.29 is 4.74 Å². The van der Waals surface area contributed by atoms with Gasteiger partial charge in [-0.15, -0.1) is 11.3 Å². The van der Waals surface area contributed by atoms with Crippen LogP contribution in [-0.4, -0.2) is 26.3 Å². The number of thiophene rings is 1. The van der Waals surface area contributed by atoms with Crippen LogP contribution in [0.1, 0.15) is 22.4 Å². The van der Waals surface area contributed by atoms with Crippen LogP contribution in [-0.2, 0) is 23.1 Å². The molecule has 1 aromatic carbocycles. The van der Waals surface area contributed by atoms with Crippen molar-refractivity contribution >= 4 is 16.3 Å². The van der Waals surface area contributed by atoms with Crippen molar-refractivity contribution in [2.75, 3.05) is 31.2 Å². The zero-order valence-electron chi connectivity index (χ0n) is 12.8. The molecular formula is C18H22N2OS. The molecule has 0 radical (unpaired) electrons. The summed E-state index contributed by atoms with van der Waals surface area (Å²) in [6, 6.07) is 12.9. The number of nitrogens with two attached hydrogens (primary N) is 1. The number of aryl methyl sites for hydroxylation is 1. The molecule has 0 saturated carbocycles. The van der Waals surface area contributed by atoms with Crippen molar-refractivity contribution in [3.8, 4) is 0 Å². The smallest absolute Gasteiger partial charge is 0.0915 e. The molecule has 1 aromatic heterocycles. The summed E-state index contributed by atoms with van der Waals surface area (Å²) in [4.78, 5) is 3.98. The van der Waals surface area contributed by atoms with Gasteiger partial charge in [0.1, 0.15) is 0 Å². The standard InChI is InChI=1S/C18H22N2OS/c19-18(15-4-2-1-3-5-15)7-6-16-14(13-18)12-17(22-16)20-8-10-21-11-9-20/h1-5,12H,6-11,13,19H2. The molecule has 116 valence electrons. The fourth-order valence-corrected chi connectivity index (χ4v) is 4.76. The molecule has 2 N–H and O–H groups in total. The molecule has 22 heavy (non-hydrogen) atoms. The highest BCUT2D eigenvalue weighted by Gasteiger charge is 2.33. The molecule has 0 bridgehead atoms. The first-order valence-electron chi connectivity index (χ1n) is 8.03. The second-order valence-corrected chi connectivity index (χ2v) is 7.45. The van der Waals surface area contributed by atoms with Crippen molar-refractivity contribution in [1.82, 2.24) is 0 Å². The van der Waals surface area contributed by atoms with Crippen LogP contribution < -0.4 is 10.6 Å². The Morgan fingerprint density at radius 2 is 1.91 bits per heavy atom. The van der Waals surface area contributed by atoms with Gasteiger partial charge in [-0.05, 0) is 36.5 Å². The normalized spacial score (nSPS) is 25.0. The van der Waals surface area contributed by atoms with E-state index in [0.717, 1.165) is 45.6 Å². The highest BCUT2D eigenvalue weighted by molar-refractivity contribution is 7.16. The van der Waals surface area contributed by atoms with Gasteiger partial charge in [0.05, 0.1) is 18.2 Å². The molecule has 1 unspecified atom stereocenters. The largest absolute Gasteiger partial charge is 0.378 e. The van der Waals surface area contributed by atoms with E-state index in [1.54, 1.807) is 0 Å². The summed E-state index contributed by atoms with van der Waals surface area (Å²) in [5, 5.41) is 1.39. The van der Waals surface area contributed by atoms with Crippen molar-refractivity contribution in [3.63, 3.8) is 0 Å². The summed E-state index contributed by atoms with van der Waals surface area (Å²) in [7, 11) is 0. The van der Waals surface area contributed by atoms with E-state index in [-0.39, 0.29) is 5.54 Å². The van der Waals surface area contributed by atoms with E-state index in [4.69, 9.17) is 10.5 Å². The summed E-state index contributed by atoms with van der Waals surface area (Å²) in [6.07, 6.45) is 3.08. The second kappa shape index (κ2) is 5.69. The number of nitrogens with zero attached hydrogens (tertiary/aromatic N) is 1. The number of ether oxygens (including phenoxy) is 1. The van der Waals surface area contributed by atoms with Gasteiger partial charge in [0.25, 0.3) is 0 Å². The minimum atomic E-state index is -0.211. The van der Waals surface area contributed by atoms with Crippen LogP contribution >= 0.6 is 11.3 Å². The van der Waals surface area contributed by atoms with Crippen LogP contribution in [0.5, 0.6) is 0 Å². The van der Waals surface area contributed by atoms with Gasteiger partial charge < -0.3 is 15.4 Å². The monoisotopic (exact) mass is 314 g/mol. The predicted octanol–water partition coefficient (Wildman–Crippen LogP) is 2.93. The second-order valence-electron chi connectivity index (χ2n) is 6.33. The molecular weight excluding hydrogens is 292 g/mol. The Hall–Kier alpha value is -1.36. The predicted molar refractivity (Wildman–Crippen MR) is 91.7 cm³/mol. The molecule has 2 aromatic rings. The molecule has 0 amide bonds. The lowest BCUT2D eigenvalue weighted by Gasteiger charge is -2.34. The van der Waals surface area contributed by atoms with Gasteiger partial charge in [0, 0.05) is 23.5 Å². The van der Waals surface area contributed by atoms with Gasteiger partial charge in [-0.3, -0.25) is 0 Å². The fraction of sp³-hybridized carbons (Fsp3) is 0.444. The zero-order chi connectivity index (χ0) is 15.0. The number of morpholine rings is 1. The van der Waals surface area contributed by atoms with E-state index in [1.165, 1.54) is 21.0 Å². The van der Waals surface area contributed by atoms with E-state index in [2.05, 4.69) is 41.3 Å². The molecule has 2 heterocycles. The molecule has 1 atom stereocenters. The van der Waals surface area contributed by atoms with Gasteiger partial charge in [-0.2, -0.15) is 0 Å². The third-order valence-corrected chi connectivity index (χ3v) is 6.16. The minimum Gasteiger partial charge on any atom is -0.378 e. The zero-order valence-corrected chi connectivity index (χ0v) is 13.6. The average Bonchev–Trinajstić information content (AvgIpc) is 2.99. The lowest BCUT2D eigenvalue weighted by molar-refractivity contribution is 0.123. The highest BCUT2D eigenvalue weighted by Crippen LogP contribution is 2.41. The Bertz CT molecular complexity index is 648. The van der Waals surface area contributed by atoms with Crippen molar-refractivity contribution in [2.24, 2.45) is 5.73 Å². The topological polar surface area (TPSA) is 38.5 Å². The van der Waals surface area contributed by atoms with E-state index in [0.29, 0.717) is 0 Å². The fourth-order valence-electron chi connectivity index (χ4n) is 3.53. The molecule has 1 aliphatic carbocycles. The molecule has 4 heteroatoms. The number of hydrogen-bond acceptors (Lipinski definition) is 4. The lowest BCUT2D eigenvalue weighted by atomic mass is 9.77. The van der Waals surface area contributed by atoms with E-state index < -0.39 is 0 Å². The van der Waals surface area contributed by atoms with Crippen molar-refractivity contribution in [1.29, 1.82) is 0 Å². The van der Waals surface area contributed by atoms with Crippen LogP contribution in [0.2, 0.25) is 0 Å². The third kappa shape index (κ3) is 2.56. The van der Waals surface area contributed by atoms with Crippen LogP contribution in [0.4, 0.5) is 5.00 Å². The molecule has 4 rings (SSSR count). The Morgan fingerprint density at radius 1 is 1.14 bits per heavy atom. The molecule has 1 saturated heterocycles. The minimum absolute atomic E-state index is 0.211. The maximum absolute atomic E-state index is 6.75. The maximum Gasteiger partial charge on any atom is 0.0915 e. The number of fused-ring (bicyclic) bond motifs is 1. The molecule has 3 nitrogen and oxygen atoms in total. The SMILES string of the molecule is NC1(c2ccccc2)CCc2sc(N3CCOCC3)cc2C1. The van der Waals surface area contributed by atoms with E-state index in [9.17, 15) is 0 Å². The molecule has 1 fully saturated rings. The van der Waals surface area contributed by atoms with Gasteiger partial charge in [-0.25, -0.2) is 0 Å². The average molecular weight is 314 g/mol. The first-order valence-corrected chi connectivity index (χ1v) is 8.85. The maximum atomic E-state index is 6.75. The quantitative estimate of drug-likeness (QED) is 0.926. The van der Waals surface area contributed by atoms with Gasteiger partial charge in [-0.1, -0.05) is 30.3 Å². The number of rotatable bonds is 2. The third-order valence-electron chi connectivity index (χ3n) is 4.86. The lowest BCUT2D eigenvalue weighted by Crippen LogP contribution is -2.41. The summed E-state index contributed by atoms with van der Waals surface area (Å²) in [5.41, 5.74) is 9.26. The Morgan fingerprint density at radius 3 is 2.68 bits per heavy atom. The molecule has 1 aliphatic heterocycles. The summed E-state index contributed by atoms with van der Waals surface area (Å²) >= 11 is 1.95. The summed E-state index contributed by atoms with van der Waals surface area (Å²) in [5.74, 6) is 0. The summed E-state index contributed by atoms with van der Waals surface area (Å²) < 4.78 is 5.46. The van der Waals surface area contributed by atoms with E-state index >= 15 is 0 Å². The van der Waals surface area contributed by atoms with Gasteiger partial charge in [0.15, 0.2) is 0 Å². The first-order chi connectivity index (χ1) is 10.7. The van der Waals surface area contributed by atoms with Crippen molar-refractivity contribution in [2.45, 2.75) is 24.8 Å². The summed E-state index contributed by atoms with van der Waals surface area (Å²) in [6.45, 7) is 3.69. The Labute approximate surface area is 135 Å². The van der Waals surface area contributed by atoms with Gasteiger partial charge in [0.2, 0.25) is 0 Å². The van der Waals surface area contributed by atoms with Crippen LogP contribution in [0.15, 0.2) is 36.4 Å². The highest BCUT2D eigenvalue weighted by atomic mass is 32.1.